The molecule has 1 saturated heterocycles. The van der Waals surface area contributed by atoms with E-state index in [0.717, 1.165) is 0 Å². The molecule has 0 spiro atoms. The van der Waals surface area contributed by atoms with Crippen molar-refractivity contribution in [2.24, 2.45) is 5.92 Å². The number of piperidine rings is 1. The van der Waals surface area contributed by atoms with E-state index in [1.807, 2.05) is 0 Å². The van der Waals surface area contributed by atoms with E-state index < -0.39 is 21.9 Å². The Morgan fingerprint density at radius 1 is 1.11 bits per heavy atom. The second kappa shape index (κ2) is 8.73. The molecule has 3 rings (SSSR count). The predicted molar refractivity (Wildman–Crippen MR) is 108 cm³/mol. The van der Waals surface area contributed by atoms with Crippen LogP contribution < -0.4 is 4.74 Å². The molecule has 0 atom stereocenters. The van der Waals surface area contributed by atoms with E-state index in [0.29, 0.717) is 17.9 Å². The number of carbonyl (C=O) groups excluding carboxylic acids is 1. The van der Waals surface area contributed by atoms with Crippen LogP contribution in [0.2, 0.25) is 20.2 Å². The Balaban J connectivity index is 1.67. The van der Waals surface area contributed by atoms with Gasteiger partial charge < -0.3 is 4.74 Å². The third kappa shape index (κ3) is 4.56. The number of halogens is 4. The molecule has 1 aromatic carbocycles. The monoisotopic (exact) mass is 482 g/mol. The molecule has 0 unspecified atom stereocenters. The summed E-state index contributed by atoms with van der Waals surface area (Å²) >= 11 is 23.8. The summed E-state index contributed by atoms with van der Waals surface area (Å²) in [6.07, 6.45) is 1.99. The Hall–Kier alpha value is -1.09. The number of hydrogen-bond acceptors (Lipinski definition) is 5. The molecule has 0 aliphatic carbocycles. The van der Waals surface area contributed by atoms with Gasteiger partial charge >= 0.3 is 5.97 Å². The van der Waals surface area contributed by atoms with Gasteiger partial charge in [0.25, 0.3) is 0 Å². The molecule has 0 amide bonds. The minimum absolute atomic E-state index is 0.0370. The fourth-order valence-corrected chi connectivity index (χ4v) is 5.64. The molecule has 1 aromatic heterocycles. The summed E-state index contributed by atoms with van der Waals surface area (Å²) in [5, 5.41) is 0.479. The molecule has 2 heterocycles. The number of aromatic nitrogens is 1. The number of sulfonamides is 1. The molecule has 1 fully saturated rings. The van der Waals surface area contributed by atoms with Gasteiger partial charge in [-0.15, -0.1) is 0 Å². The van der Waals surface area contributed by atoms with E-state index in [4.69, 9.17) is 51.1 Å². The maximum absolute atomic E-state index is 12.7. The number of esters is 1. The Morgan fingerprint density at radius 2 is 1.71 bits per heavy atom. The zero-order chi connectivity index (χ0) is 20.5. The van der Waals surface area contributed by atoms with Crippen molar-refractivity contribution in [2.75, 3.05) is 13.1 Å². The third-order valence-corrected chi connectivity index (χ3v) is 7.42. The van der Waals surface area contributed by atoms with Gasteiger partial charge in [0.1, 0.15) is 10.0 Å². The molecular formula is C17H14Cl4N2O4S. The first-order valence-corrected chi connectivity index (χ1v) is 11.1. The highest BCUT2D eigenvalue weighted by atomic mass is 35.5. The first kappa shape index (κ1) is 21.6. The summed E-state index contributed by atoms with van der Waals surface area (Å²) in [6, 6.07) is 5.74. The highest BCUT2D eigenvalue weighted by Crippen LogP contribution is 2.37. The van der Waals surface area contributed by atoms with Crippen LogP contribution >= 0.6 is 46.4 Å². The van der Waals surface area contributed by atoms with Crippen LogP contribution in [0.15, 0.2) is 35.4 Å². The number of ether oxygens (including phenoxy) is 1. The lowest BCUT2D eigenvalue weighted by Gasteiger charge is -2.30. The highest BCUT2D eigenvalue weighted by Gasteiger charge is 2.34. The van der Waals surface area contributed by atoms with E-state index in [9.17, 15) is 13.2 Å². The molecule has 0 N–H and O–H groups in total. The van der Waals surface area contributed by atoms with E-state index >= 15 is 0 Å². The normalized spacial score (nSPS) is 16.1. The van der Waals surface area contributed by atoms with Gasteiger partial charge in [-0.05, 0) is 37.1 Å². The van der Waals surface area contributed by atoms with Gasteiger partial charge in [0.05, 0.1) is 16.0 Å². The molecule has 0 radical (unpaired) electrons. The van der Waals surface area contributed by atoms with Gasteiger partial charge in [0.15, 0.2) is 5.75 Å². The van der Waals surface area contributed by atoms with Gasteiger partial charge in [-0.3, -0.25) is 4.79 Å². The molecule has 1 aliphatic heterocycles. The summed E-state index contributed by atoms with van der Waals surface area (Å²) < 4.78 is 32.1. The fraction of sp³-hybridized carbons (Fsp3) is 0.294. The number of rotatable bonds is 4. The predicted octanol–water partition coefficient (Wildman–Crippen LogP) is 4.70. The number of benzene rings is 1. The van der Waals surface area contributed by atoms with E-state index in [-0.39, 0.29) is 38.9 Å². The van der Waals surface area contributed by atoms with Crippen LogP contribution in [-0.2, 0) is 14.8 Å². The number of carbonyl (C=O) groups is 1. The van der Waals surface area contributed by atoms with Crippen molar-refractivity contribution in [1.82, 2.24) is 9.29 Å². The maximum Gasteiger partial charge on any atom is 0.314 e. The molecule has 6 nitrogen and oxygen atoms in total. The Bertz CT molecular complexity index is 985. The summed E-state index contributed by atoms with van der Waals surface area (Å²) in [6.45, 7) is 0.296. The minimum Gasteiger partial charge on any atom is -0.423 e. The summed E-state index contributed by atoms with van der Waals surface area (Å²) in [5.74, 6) is -0.976. The molecule has 2 aromatic rings. The fourth-order valence-electron chi connectivity index (χ4n) is 2.85. The molecule has 11 heteroatoms. The largest absolute Gasteiger partial charge is 0.423 e. The molecule has 0 bridgehead atoms. The second-order valence-electron chi connectivity index (χ2n) is 6.09. The zero-order valence-electron chi connectivity index (χ0n) is 14.2. The number of nitrogens with zero attached hydrogens (tertiary/aromatic N) is 2. The quantitative estimate of drug-likeness (QED) is 0.357. The van der Waals surface area contributed by atoms with Crippen molar-refractivity contribution in [3.05, 3.63) is 50.7 Å². The number of hydrogen-bond donors (Lipinski definition) is 0. The van der Waals surface area contributed by atoms with Crippen LogP contribution in [-0.4, -0.2) is 36.8 Å². The maximum atomic E-state index is 12.7. The summed E-state index contributed by atoms with van der Waals surface area (Å²) in [5.41, 5.74) is 0. The van der Waals surface area contributed by atoms with Crippen LogP contribution in [0.4, 0.5) is 0 Å². The Labute approximate surface area is 182 Å². The highest BCUT2D eigenvalue weighted by molar-refractivity contribution is 7.89. The van der Waals surface area contributed by atoms with Crippen molar-refractivity contribution in [3.63, 3.8) is 0 Å². The van der Waals surface area contributed by atoms with Gasteiger partial charge in [-0.25, -0.2) is 13.4 Å². The smallest absolute Gasteiger partial charge is 0.314 e. The SMILES string of the molecule is O=C(Oc1c(Cl)cc(Cl)cc1Cl)C1CCN(S(=O)(=O)c2cccnc2Cl)CC1. The van der Waals surface area contributed by atoms with Crippen LogP contribution in [0, 0.1) is 5.92 Å². The average Bonchev–Trinajstić information content (AvgIpc) is 2.64. The van der Waals surface area contributed by atoms with Crippen molar-refractivity contribution in [1.29, 1.82) is 0 Å². The average molecular weight is 484 g/mol. The van der Waals surface area contributed by atoms with Crippen molar-refractivity contribution in [3.8, 4) is 5.75 Å². The summed E-state index contributed by atoms with van der Waals surface area (Å²) in [4.78, 5) is 16.2. The first-order valence-electron chi connectivity index (χ1n) is 8.17. The standard InChI is InChI=1S/C17H14Cl4N2O4S/c18-11-8-12(19)15(13(20)9-11)27-17(24)10-3-6-23(7-4-10)28(25,26)14-2-1-5-22-16(14)21/h1-2,5,8-10H,3-4,6-7H2. The van der Waals surface area contributed by atoms with Crippen LogP contribution in [0.5, 0.6) is 5.75 Å². The van der Waals surface area contributed by atoms with E-state index in [1.54, 1.807) is 0 Å². The van der Waals surface area contributed by atoms with Crippen molar-refractivity contribution < 1.29 is 17.9 Å². The van der Waals surface area contributed by atoms with Crippen molar-refractivity contribution >= 4 is 62.4 Å². The Kier molecular flexibility index (Phi) is 6.74. The molecule has 28 heavy (non-hydrogen) atoms. The van der Waals surface area contributed by atoms with E-state index in [2.05, 4.69) is 4.98 Å². The summed E-state index contributed by atoms with van der Waals surface area (Å²) in [7, 11) is -3.79. The minimum atomic E-state index is -3.79. The van der Waals surface area contributed by atoms with Gasteiger partial charge in [-0.1, -0.05) is 46.4 Å². The Morgan fingerprint density at radius 3 is 2.29 bits per heavy atom. The van der Waals surface area contributed by atoms with Crippen LogP contribution in [0.3, 0.4) is 0 Å². The molecular weight excluding hydrogens is 470 g/mol. The first-order chi connectivity index (χ1) is 13.2. The van der Waals surface area contributed by atoms with Crippen molar-refractivity contribution in [2.45, 2.75) is 17.7 Å². The third-order valence-electron chi connectivity index (χ3n) is 4.30. The number of pyridine rings is 1. The van der Waals surface area contributed by atoms with Gasteiger partial charge in [0, 0.05) is 24.3 Å². The second-order valence-corrected chi connectivity index (χ2v) is 9.61. The van der Waals surface area contributed by atoms with Gasteiger partial charge in [0.2, 0.25) is 10.0 Å². The van der Waals surface area contributed by atoms with Crippen LogP contribution in [0.25, 0.3) is 0 Å². The lowest BCUT2D eigenvalue weighted by atomic mass is 9.98. The topological polar surface area (TPSA) is 76.6 Å². The molecule has 150 valence electrons. The molecule has 0 saturated carbocycles. The molecule has 1 aliphatic rings. The lowest BCUT2D eigenvalue weighted by Crippen LogP contribution is -2.41. The zero-order valence-corrected chi connectivity index (χ0v) is 18.1. The van der Waals surface area contributed by atoms with Crippen LogP contribution in [0.1, 0.15) is 12.8 Å². The van der Waals surface area contributed by atoms with E-state index in [1.165, 1.54) is 34.8 Å². The van der Waals surface area contributed by atoms with Gasteiger partial charge in [-0.2, -0.15) is 4.31 Å². The lowest BCUT2D eigenvalue weighted by molar-refractivity contribution is -0.140.